The Morgan fingerprint density at radius 1 is 1.12 bits per heavy atom. The number of thiocarbonyl (C=S) groups is 1. The van der Waals surface area contributed by atoms with Gasteiger partial charge in [-0.25, -0.2) is 9.59 Å². The Kier molecular flexibility index (Phi) is 10.2. The molecule has 1 heterocycles. The smallest absolute Gasteiger partial charge is 0.414 e. The Hall–Kier alpha value is -2.23. The molecule has 0 aliphatic carbocycles. The van der Waals surface area contributed by atoms with Gasteiger partial charge in [0.15, 0.2) is 5.11 Å². The third kappa shape index (κ3) is 8.75. The van der Waals surface area contributed by atoms with Crippen molar-refractivity contribution in [2.75, 3.05) is 46.4 Å². The molecular formula is C17H25N3O5S. The van der Waals surface area contributed by atoms with Crippen molar-refractivity contribution in [2.45, 2.75) is 6.54 Å². The standard InChI is InChI=1S/C15H23N3OS.C2H2O4/c1-19-12-7-16-15(20)18-10-8-17(9-11-18)13-14-5-3-2-4-6-14;3-1(4)2(5)6/h2-6H,7-13H2,1H3,(H,16,20);(H,3,4)(H,5,6). The number of nitrogens with zero attached hydrogens (tertiary/aromatic N) is 2. The minimum absolute atomic E-state index is 0.689. The minimum Gasteiger partial charge on any atom is -0.473 e. The van der Waals surface area contributed by atoms with Crippen molar-refractivity contribution in [3.63, 3.8) is 0 Å². The van der Waals surface area contributed by atoms with Crippen LogP contribution in [0.1, 0.15) is 5.56 Å². The molecule has 1 saturated heterocycles. The molecule has 0 unspecified atom stereocenters. The lowest BCUT2D eigenvalue weighted by atomic mass is 10.2. The summed E-state index contributed by atoms with van der Waals surface area (Å²) in [5.74, 6) is -3.65. The van der Waals surface area contributed by atoms with Crippen molar-refractivity contribution in [3.05, 3.63) is 35.9 Å². The molecule has 9 heteroatoms. The van der Waals surface area contributed by atoms with Gasteiger partial charge in [-0.1, -0.05) is 30.3 Å². The SMILES string of the molecule is COCCNC(=S)N1CCN(Cc2ccccc2)CC1.O=C(O)C(=O)O. The van der Waals surface area contributed by atoms with Gasteiger partial charge >= 0.3 is 11.9 Å². The van der Waals surface area contributed by atoms with Crippen LogP contribution in [0.5, 0.6) is 0 Å². The monoisotopic (exact) mass is 383 g/mol. The normalized spacial score (nSPS) is 14.1. The fourth-order valence-corrected chi connectivity index (χ4v) is 2.61. The summed E-state index contributed by atoms with van der Waals surface area (Å²) >= 11 is 5.40. The Morgan fingerprint density at radius 2 is 1.69 bits per heavy atom. The van der Waals surface area contributed by atoms with Crippen molar-refractivity contribution in [1.29, 1.82) is 0 Å². The first-order chi connectivity index (χ1) is 12.4. The highest BCUT2D eigenvalue weighted by Crippen LogP contribution is 2.08. The predicted octanol–water partition coefficient (Wildman–Crippen LogP) is 0.481. The second-order valence-corrected chi connectivity index (χ2v) is 5.97. The van der Waals surface area contributed by atoms with Crippen LogP contribution in [-0.2, 0) is 20.9 Å². The van der Waals surface area contributed by atoms with Crippen molar-refractivity contribution in [2.24, 2.45) is 0 Å². The van der Waals surface area contributed by atoms with Crippen molar-refractivity contribution in [1.82, 2.24) is 15.1 Å². The Balaban J connectivity index is 0.000000487. The van der Waals surface area contributed by atoms with Gasteiger partial charge in [0.2, 0.25) is 0 Å². The van der Waals surface area contributed by atoms with Crippen LogP contribution in [0.15, 0.2) is 30.3 Å². The Morgan fingerprint density at radius 3 is 2.19 bits per heavy atom. The van der Waals surface area contributed by atoms with Crippen molar-refractivity contribution in [3.8, 4) is 0 Å². The number of piperazine rings is 1. The second-order valence-electron chi connectivity index (χ2n) is 5.58. The number of aliphatic carboxylic acids is 2. The summed E-state index contributed by atoms with van der Waals surface area (Å²) in [6.45, 7) is 6.59. The fraction of sp³-hybridized carbons (Fsp3) is 0.471. The van der Waals surface area contributed by atoms with Crippen LogP contribution < -0.4 is 5.32 Å². The molecule has 1 fully saturated rings. The quantitative estimate of drug-likeness (QED) is 0.381. The summed E-state index contributed by atoms with van der Waals surface area (Å²) in [4.78, 5) is 22.9. The van der Waals surface area contributed by atoms with Crippen LogP contribution in [0, 0.1) is 0 Å². The largest absolute Gasteiger partial charge is 0.473 e. The molecule has 0 bridgehead atoms. The average Bonchev–Trinajstić information content (AvgIpc) is 2.64. The average molecular weight is 383 g/mol. The molecule has 1 aliphatic heterocycles. The lowest BCUT2D eigenvalue weighted by Gasteiger charge is -2.36. The van der Waals surface area contributed by atoms with E-state index in [2.05, 4.69) is 45.4 Å². The molecule has 144 valence electrons. The highest BCUT2D eigenvalue weighted by Gasteiger charge is 2.18. The molecule has 0 amide bonds. The van der Waals surface area contributed by atoms with Crippen LogP contribution in [0.3, 0.4) is 0 Å². The molecule has 0 radical (unpaired) electrons. The van der Waals surface area contributed by atoms with E-state index in [0.717, 1.165) is 44.4 Å². The summed E-state index contributed by atoms with van der Waals surface area (Å²) in [5, 5.41) is 18.9. The molecule has 0 atom stereocenters. The summed E-state index contributed by atoms with van der Waals surface area (Å²) in [6, 6.07) is 10.6. The molecule has 0 spiro atoms. The van der Waals surface area contributed by atoms with Crippen LogP contribution in [-0.4, -0.2) is 83.5 Å². The molecule has 0 aromatic heterocycles. The summed E-state index contributed by atoms with van der Waals surface area (Å²) in [7, 11) is 1.70. The van der Waals surface area contributed by atoms with Crippen LogP contribution in [0.4, 0.5) is 0 Å². The molecule has 2 rings (SSSR count). The van der Waals surface area contributed by atoms with E-state index >= 15 is 0 Å². The molecule has 26 heavy (non-hydrogen) atoms. The van der Waals surface area contributed by atoms with Gasteiger partial charge in [0, 0.05) is 46.4 Å². The number of carbonyl (C=O) groups is 2. The zero-order valence-corrected chi connectivity index (χ0v) is 15.6. The first-order valence-electron chi connectivity index (χ1n) is 8.18. The number of nitrogens with one attached hydrogen (secondary N) is 1. The molecule has 3 N–H and O–H groups in total. The molecule has 0 saturated carbocycles. The van der Waals surface area contributed by atoms with Gasteiger partial charge in [-0.15, -0.1) is 0 Å². The van der Waals surface area contributed by atoms with Gasteiger partial charge in [0.05, 0.1) is 6.61 Å². The number of carboxylic acids is 2. The maximum Gasteiger partial charge on any atom is 0.414 e. The third-order valence-corrected chi connectivity index (χ3v) is 4.08. The lowest BCUT2D eigenvalue weighted by Crippen LogP contribution is -2.51. The maximum atomic E-state index is 9.10. The topological polar surface area (TPSA) is 102 Å². The zero-order chi connectivity index (χ0) is 19.4. The van der Waals surface area contributed by atoms with E-state index < -0.39 is 11.9 Å². The molecule has 1 aliphatic rings. The zero-order valence-electron chi connectivity index (χ0n) is 14.8. The van der Waals surface area contributed by atoms with Crippen LogP contribution in [0.25, 0.3) is 0 Å². The molecule has 1 aromatic carbocycles. The highest BCUT2D eigenvalue weighted by molar-refractivity contribution is 7.80. The van der Waals surface area contributed by atoms with Gasteiger partial charge < -0.3 is 25.2 Å². The molecular weight excluding hydrogens is 358 g/mol. The van der Waals surface area contributed by atoms with E-state index in [9.17, 15) is 0 Å². The number of benzene rings is 1. The third-order valence-electron chi connectivity index (χ3n) is 3.67. The summed E-state index contributed by atoms with van der Waals surface area (Å²) in [5.41, 5.74) is 1.38. The Bertz CT molecular complexity index is 565. The maximum absolute atomic E-state index is 9.10. The van der Waals surface area contributed by atoms with Crippen molar-refractivity contribution < 1.29 is 24.5 Å². The predicted molar refractivity (Wildman–Crippen MR) is 101 cm³/mol. The first kappa shape index (κ1) is 21.8. The van der Waals surface area contributed by atoms with Gasteiger partial charge in [0.1, 0.15) is 0 Å². The molecule has 8 nitrogen and oxygen atoms in total. The van der Waals surface area contributed by atoms with E-state index in [1.54, 1.807) is 7.11 Å². The Labute approximate surface area is 158 Å². The number of methoxy groups -OCH3 is 1. The van der Waals surface area contributed by atoms with Crippen LogP contribution in [0.2, 0.25) is 0 Å². The van der Waals surface area contributed by atoms with Crippen LogP contribution >= 0.6 is 12.2 Å². The number of hydrogen-bond donors (Lipinski definition) is 3. The van der Waals surface area contributed by atoms with E-state index in [1.807, 2.05) is 0 Å². The van der Waals surface area contributed by atoms with E-state index in [1.165, 1.54) is 5.56 Å². The van der Waals surface area contributed by atoms with Gasteiger partial charge in [-0.05, 0) is 17.8 Å². The second kappa shape index (κ2) is 12.2. The van der Waals surface area contributed by atoms with Gasteiger partial charge in [-0.3, -0.25) is 4.90 Å². The van der Waals surface area contributed by atoms with Crippen molar-refractivity contribution >= 4 is 29.3 Å². The first-order valence-corrected chi connectivity index (χ1v) is 8.59. The van der Waals surface area contributed by atoms with E-state index in [4.69, 9.17) is 36.8 Å². The summed E-state index contributed by atoms with van der Waals surface area (Å²) in [6.07, 6.45) is 0. The number of ether oxygens (including phenoxy) is 1. The molecule has 1 aromatic rings. The number of rotatable bonds is 5. The number of hydrogen-bond acceptors (Lipinski definition) is 5. The van der Waals surface area contributed by atoms with Gasteiger partial charge in [-0.2, -0.15) is 0 Å². The lowest BCUT2D eigenvalue weighted by molar-refractivity contribution is -0.159. The summed E-state index contributed by atoms with van der Waals surface area (Å²) < 4.78 is 5.01. The fourth-order valence-electron chi connectivity index (χ4n) is 2.32. The van der Waals surface area contributed by atoms with Gasteiger partial charge in [0.25, 0.3) is 0 Å². The highest BCUT2D eigenvalue weighted by atomic mass is 32.1. The van der Waals surface area contributed by atoms with E-state index in [-0.39, 0.29) is 0 Å². The minimum atomic E-state index is -1.82. The van der Waals surface area contributed by atoms with E-state index in [0.29, 0.717) is 6.61 Å². The number of carboxylic acid groups (broad SMARTS) is 2.